The molecule has 22 heavy (non-hydrogen) atoms. The van der Waals surface area contributed by atoms with Crippen LogP contribution in [0.1, 0.15) is 34.1 Å². The molecule has 6 heteroatoms. The van der Waals surface area contributed by atoms with Crippen LogP contribution in [0.3, 0.4) is 0 Å². The highest BCUT2D eigenvalue weighted by Crippen LogP contribution is 2.25. The van der Waals surface area contributed by atoms with Crippen molar-refractivity contribution in [1.29, 1.82) is 0 Å². The molecule has 2 rings (SSSR count). The Morgan fingerprint density at radius 3 is 2.68 bits per heavy atom. The van der Waals surface area contributed by atoms with Gasteiger partial charge in [0.15, 0.2) is 5.82 Å². The summed E-state index contributed by atoms with van der Waals surface area (Å²) in [6, 6.07) is 0. The lowest BCUT2D eigenvalue weighted by Gasteiger charge is -2.23. The maximum absolute atomic E-state index is 12.0. The zero-order chi connectivity index (χ0) is 16.1. The molecule has 1 unspecified atom stereocenters. The Labute approximate surface area is 132 Å². The third-order valence-corrected chi connectivity index (χ3v) is 3.94. The van der Waals surface area contributed by atoms with E-state index in [4.69, 9.17) is 4.74 Å². The zero-order valence-corrected chi connectivity index (χ0v) is 14.0. The number of hydrogen-bond acceptors (Lipinski definition) is 5. The van der Waals surface area contributed by atoms with E-state index in [0.717, 1.165) is 31.9 Å². The first-order chi connectivity index (χ1) is 10.6. The molecule has 122 valence electrons. The molecule has 0 radical (unpaired) electrons. The molecule has 1 aromatic rings. The van der Waals surface area contributed by atoms with E-state index >= 15 is 0 Å². The van der Waals surface area contributed by atoms with E-state index in [2.05, 4.69) is 28.7 Å². The normalized spacial score (nSPS) is 17.9. The summed E-state index contributed by atoms with van der Waals surface area (Å²) in [4.78, 5) is 24.8. The maximum Gasteiger partial charge on any atom is 0.257 e. The highest BCUT2D eigenvalue weighted by molar-refractivity contribution is 5.78. The fourth-order valence-electron chi connectivity index (χ4n) is 2.69. The number of carbonyl (C=O) groups is 1. The van der Waals surface area contributed by atoms with Crippen LogP contribution in [-0.2, 0) is 4.79 Å². The van der Waals surface area contributed by atoms with Crippen LogP contribution >= 0.6 is 0 Å². The van der Waals surface area contributed by atoms with E-state index in [0.29, 0.717) is 12.4 Å². The minimum Gasteiger partial charge on any atom is -0.470 e. The van der Waals surface area contributed by atoms with Crippen LogP contribution in [-0.4, -0.2) is 53.1 Å². The van der Waals surface area contributed by atoms with Gasteiger partial charge in [-0.3, -0.25) is 4.79 Å². The second kappa shape index (κ2) is 7.42. The molecule has 2 heterocycles. The quantitative estimate of drug-likeness (QED) is 0.804. The van der Waals surface area contributed by atoms with Gasteiger partial charge in [0.25, 0.3) is 5.88 Å². The summed E-state index contributed by atoms with van der Waals surface area (Å²) in [5, 5.41) is 0. The highest BCUT2D eigenvalue weighted by atomic mass is 16.5. The average Bonchev–Trinajstić information content (AvgIpc) is 2.97. The van der Waals surface area contributed by atoms with E-state index in [1.54, 1.807) is 12.4 Å². The fraction of sp³-hybridized carbons (Fsp3) is 0.688. The van der Waals surface area contributed by atoms with Crippen molar-refractivity contribution < 1.29 is 9.53 Å². The Balaban J connectivity index is 2.05. The predicted molar refractivity (Wildman–Crippen MR) is 86.0 cm³/mol. The number of nitrogens with zero attached hydrogens (tertiary/aromatic N) is 4. The molecule has 1 amide bonds. The summed E-state index contributed by atoms with van der Waals surface area (Å²) in [7, 11) is 0. The van der Waals surface area contributed by atoms with E-state index in [1.165, 1.54) is 0 Å². The molecule has 0 spiro atoms. The van der Waals surface area contributed by atoms with Crippen molar-refractivity contribution in [3.8, 4) is 5.88 Å². The van der Waals surface area contributed by atoms with Gasteiger partial charge in [-0.1, -0.05) is 13.8 Å². The van der Waals surface area contributed by atoms with Crippen molar-refractivity contribution in [2.24, 2.45) is 5.92 Å². The number of anilines is 1. The molecule has 1 saturated heterocycles. The topological polar surface area (TPSA) is 58.6 Å². The minimum absolute atomic E-state index is 0.00582. The van der Waals surface area contributed by atoms with Gasteiger partial charge in [-0.05, 0) is 13.8 Å². The molecule has 0 aromatic carbocycles. The highest BCUT2D eigenvalue weighted by Gasteiger charge is 2.30. The molecule has 0 bridgehead atoms. The lowest BCUT2D eigenvalue weighted by molar-refractivity contribution is -0.133. The van der Waals surface area contributed by atoms with Gasteiger partial charge in [0, 0.05) is 44.4 Å². The Kier molecular flexibility index (Phi) is 5.57. The Hall–Kier alpha value is -1.85. The van der Waals surface area contributed by atoms with Crippen molar-refractivity contribution >= 4 is 11.7 Å². The van der Waals surface area contributed by atoms with Gasteiger partial charge in [-0.25, -0.2) is 9.97 Å². The van der Waals surface area contributed by atoms with E-state index in [9.17, 15) is 4.79 Å². The van der Waals surface area contributed by atoms with E-state index in [-0.39, 0.29) is 17.9 Å². The van der Waals surface area contributed by atoms with Crippen molar-refractivity contribution in [3.63, 3.8) is 0 Å². The Morgan fingerprint density at radius 2 is 2.05 bits per heavy atom. The second-order valence-electron chi connectivity index (χ2n) is 5.82. The molecule has 0 aliphatic carbocycles. The Morgan fingerprint density at radius 1 is 1.36 bits per heavy atom. The second-order valence-corrected chi connectivity index (χ2v) is 5.82. The number of aromatic nitrogens is 2. The molecule has 1 aliphatic rings. The third kappa shape index (κ3) is 3.67. The van der Waals surface area contributed by atoms with Gasteiger partial charge in [0.1, 0.15) is 6.10 Å². The zero-order valence-electron chi connectivity index (χ0n) is 14.0. The van der Waals surface area contributed by atoms with Gasteiger partial charge < -0.3 is 14.5 Å². The molecule has 1 atom stereocenters. The standard InChI is InChI=1S/C16H26N4O2/c1-5-19(6-2)14-15(18-9-8-17-14)22-13-7-10-20(11-13)16(21)12(3)4/h8-9,12-13H,5-7,10-11H2,1-4H3. The van der Waals surface area contributed by atoms with Gasteiger partial charge in [-0.2, -0.15) is 0 Å². The molecule has 0 N–H and O–H groups in total. The number of hydrogen-bond donors (Lipinski definition) is 0. The molecule has 0 saturated carbocycles. The van der Waals surface area contributed by atoms with Crippen LogP contribution in [0.25, 0.3) is 0 Å². The summed E-state index contributed by atoms with van der Waals surface area (Å²) < 4.78 is 6.04. The number of carbonyl (C=O) groups excluding carboxylic acids is 1. The largest absolute Gasteiger partial charge is 0.470 e. The summed E-state index contributed by atoms with van der Waals surface area (Å²) in [6.45, 7) is 11.1. The molecule has 6 nitrogen and oxygen atoms in total. The number of ether oxygens (including phenoxy) is 1. The van der Waals surface area contributed by atoms with Crippen LogP contribution in [0, 0.1) is 5.92 Å². The number of rotatable bonds is 6. The summed E-state index contributed by atoms with van der Waals surface area (Å²) in [5.74, 6) is 1.56. The van der Waals surface area contributed by atoms with Gasteiger partial charge >= 0.3 is 0 Å². The first kappa shape index (κ1) is 16.5. The SMILES string of the molecule is CCN(CC)c1nccnc1OC1CCN(C(=O)C(C)C)C1. The number of likely N-dealkylation sites (tertiary alicyclic amines) is 1. The summed E-state index contributed by atoms with van der Waals surface area (Å²) >= 11 is 0. The predicted octanol–water partition coefficient (Wildman–Crippen LogP) is 1.96. The molecular weight excluding hydrogens is 280 g/mol. The summed E-state index contributed by atoms with van der Waals surface area (Å²) in [5.41, 5.74) is 0. The van der Waals surface area contributed by atoms with Crippen molar-refractivity contribution in [2.45, 2.75) is 40.2 Å². The van der Waals surface area contributed by atoms with Gasteiger partial charge in [0.05, 0.1) is 6.54 Å². The van der Waals surface area contributed by atoms with Crippen LogP contribution < -0.4 is 9.64 Å². The monoisotopic (exact) mass is 306 g/mol. The van der Waals surface area contributed by atoms with Crippen LogP contribution in [0.4, 0.5) is 5.82 Å². The smallest absolute Gasteiger partial charge is 0.257 e. The van der Waals surface area contributed by atoms with Crippen LogP contribution in [0.5, 0.6) is 5.88 Å². The Bertz CT molecular complexity index is 503. The third-order valence-electron chi connectivity index (χ3n) is 3.94. The molecule has 1 aliphatic heterocycles. The van der Waals surface area contributed by atoms with Crippen LogP contribution in [0.2, 0.25) is 0 Å². The van der Waals surface area contributed by atoms with E-state index in [1.807, 2.05) is 18.7 Å². The van der Waals surface area contributed by atoms with E-state index < -0.39 is 0 Å². The fourth-order valence-corrected chi connectivity index (χ4v) is 2.69. The number of amides is 1. The first-order valence-electron chi connectivity index (χ1n) is 8.08. The summed E-state index contributed by atoms with van der Waals surface area (Å²) in [6.07, 6.45) is 4.17. The molecular formula is C16H26N4O2. The minimum atomic E-state index is -0.00582. The van der Waals surface area contributed by atoms with Crippen molar-refractivity contribution in [3.05, 3.63) is 12.4 Å². The van der Waals surface area contributed by atoms with Crippen molar-refractivity contribution in [1.82, 2.24) is 14.9 Å². The molecule has 1 fully saturated rings. The van der Waals surface area contributed by atoms with Gasteiger partial charge in [-0.15, -0.1) is 0 Å². The van der Waals surface area contributed by atoms with Crippen LogP contribution in [0.15, 0.2) is 12.4 Å². The lowest BCUT2D eigenvalue weighted by Crippen LogP contribution is -2.34. The van der Waals surface area contributed by atoms with Gasteiger partial charge in [0.2, 0.25) is 5.91 Å². The first-order valence-corrected chi connectivity index (χ1v) is 8.08. The van der Waals surface area contributed by atoms with Crippen molar-refractivity contribution in [2.75, 3.05) is 31.1 Å². The average molecular weight is 306 g/mol. The lowest BCUT2D eigenvalue weighted by atomic mass is 10.2. The maximum atomic E-state index is 12.0. The molecule has 1 aromatic heterocycles.